The molecule has 3 rings (SSSR count). The second-order valence-corrected chi connectivity index (χ2v) is 6.66. The van der Waals surface area contributed by atoms with Gasteiger partial charge in [-0.05, 0) is 24.8 Å². The summed E-state index contributed by atoms with van der Waals surface area (Å²) in [6, 6.07) is 4.15. The van der Waals surface area contributed by atoms with Crippen molar-refractivity contribution in [2.24, 2.45) is 5.73 Å². The first-order valence-corrected chi connectivity index (χ1v) is 7.91. The van der Waals surface area contributed by atoms with E-state index in [4.69, 9.17) is 5.73 Å². The van der Waals surface area contributed by atoms with Crippen LogP contribution in [-0.2, 0) is 0 Å². The number of thiazole rings is 1. The van der Waals surface area contributed by atoms with Crippen LogP contribution in [0.5, 0.6) is 0 Å². The van der Waals surface area contributed by atoms with Crippen LogP contribution in [0.3, 0.4) is 0 Å². The molecule has 0 saturated carbocycles. The maximum atomic E-state index is 12.4. The normalized spacial score (nSPS) is 19.1. The van der Waals surface area contributed by atoms with E-state index in [0.29, 0.717) is 6.54 Å². The van der Waals surface area contributed by atoms with Gasteiger partial charge in [-0.1, -0.05) is 6.07 Å². The molecule has 1 atom stereocenters. The molecule has 0 aliphatic carbocycles. The summed E-state index contributed by atoms with van der Waals surface area (Å²) >= 11 is 3.13. The number of carbonyl (C=O) groups is 1. The molecule has 3 heterocycles. The Hall–Kier alpha value is -1.24. The Balaban J connectivity index is 1.87. The van der Waals surface area contributed by atoms with Crippen LogP contribution in [0.2, 0.25) is 0 Å². The molecule has 2 aromatic rings. The summed E-state index contributed by atoms with van der Waals surface area (Å²) in [6.45, 7) is 3.31. The maximum absolute atomic E-state index is 12.4. The zero-order chi connectivity index (χ0) is 13.4. The van der Waals surface area contributed by atoms with Gasteiger partial charge in [0.25, 0.3) is 5.91 Å². The highest BCUT2D eigenvalue weighted by molar-refractivity contribution is 7.22. The molecule has 4 nitrogen and oxygen atoms in total. The number of thiophene rings is 1. The zero-order valence-corrected chi connectivity index (χ0v) is 12.3. The summed E-state index contributed by atoms with van der Waals surface area (Å²) in [5.41, 5.74) is 6.68. The van der Waals surface area contributed by atoms with E-state index in [1.807, 2.05) is 29.3 Å². The number of nitrogens with zero attached hydrogens (tertiary/aromatic N) is 2. The van der Waals surface area contributed by atoms with Gasteiger partial charge in [0.2, 0.25) is 0 Å². The van der Waals surface area contributed by atoms with E-state index in [0.717, 1.165) is 33.4 Å². The van der Waals surface area contributed by atoms with E-state index in [9.17, 15) is 4.79 Å². The molecule has 2 N–H and O–H groups in total. The lowest BCUT2D eigenvalue weighted by atomic mass is 10.3. The van der Waals surface area contributed by atoms with Crippen molar-refractivity contribution >= 4 is 28.6 Å². The average Bonchev–Trinajstić information content (AvgIpc) is 3.07. The SMILES string of the molecule is Cc1nc(-c2cccs2)sc1C(=O)N1CC[C@@H](N)C1. The third-order valence-corrected chi connectivity index (χ3v) is 5.42. The van der Waals surface area contributed by atoms with Crippen LogP contribution in [0, 0.1) is 6.92 Å². The molecule has 100 valence electrons. The topological polar surface area (TPSA) is 59.2 Å². The van der Waals surface area contributed by atoms with Gasteiger partial charge >= 0.3 is 0 Å². The monoisotopic (exact) mass is 293 g/mol. The molecular weight excluding hydrogens is 278 g/mol. The van der Waals surface area contributed by atoms with Gasteiger partial charge in [-0.15, -0.1) is 22.7 Å². The summed E-state index contributed by atoms with van der Waals surface area (Å²) < 4.78 is 0. The lowest BCUT2D eigenvalue weighted by Gasteiger charge is -2.14. The summed E-state index contributed by atoms with van der Waals surface area (Å²) in [7, 11) is 0. The van der Waals surface area contributed by atoms with Gasteiger partial charge < -0.3 is 10.6 Å². The molecule has 1 aliphatic heterocycles. The van der Waals surface area contributed by atoms with E-state index in [1.54, 1.807) is 11.3 Å². The van der Waals surface area contributed by atoms with Gasteiger partial charge in [0, 0.05) is 19.1 Å². The molecule has 6 heteroatoms. The predicted octanol–water partition coefficient (Wildman–Crippen LogP) is 2.35. The number of nitrogens with two attached hydrogens (primary N) is 1. The molecule has 0 unspecified atom stereocenters. The quantitative estimate of drug-likeness (QED) is 0.924. The predicted molar refractivity (Wildman–Crippen MR) is 78.7 cm³/mol. The number of rotatable bonds is 2. The van der Waals surface area contributed by atoms with E-state index >= 15 is 0 Å². The first-order chi connectivity index (χ1) is 9.15. The molecule has 0 aromatic carbocycles. The minimum atomic E-state index is 0.0748. The Morgan fingerprint density at radius 3 is 3.05 bits per heavy atom. The fraction of sp³-hybridized carbons (Fsp3) is 0.385. The Morgan fingerprint density at radius 2 is 2.42 bits per heavy atom. The highest BCUT2D eigenvalue weighted by atomic mass is 32.1. The molecule has 1 aliphatic rings. The van der Waals surface area contributed by atoms with Crippen molar-refractivity contribution in [1.29, 1.82) is 0 Å². The standard InChI is InChI=1S/C13H15N3OS2/c1-8-11(13(17)16-5-4-9(14)7-16)19-12(15-8)10-3-2-6-18-10/h2-3,6,9H,4-5,7,14H2,1H3/t9-/m1/s1. The summed E-state index contributed by atoms with van der Waals surface area (Å²) in [5, 5.41) is 2.95. The van der Waals surface area contributed by atoms with Crippen LogP contribution in [0.15, 0.2) is 17.5 Å². The molecule has 1 amide bonds. The average molecular weight is 293 g/mol. The van der Waals surface area contributed by atoms with Crippen molar-refractivity contribution in [2.75, 3.05) is 13.1 Å². The highest BCUT2D eigenvalue weighted by Crippen LogP contribution is 2.32. The lowest BCUT2D eigenvalue weighted by Crippen LogP contribution is -2.31. The minimum absolute atomic E-state index is 0.0748. The van der Waals surface area contributed by atoms with Crippen LogP contribution in [-0.4, -0.2) is 34.9 Å². The molecule has 0 radical (unpaired) electrons. The molecule has 0 bridgehead atoms. The Morgan fingerprint density at radius 1 is 1.58 bits per heavy atom. The number of aryl methyl sites for hydroxylation is 1. The maximum Gasteiger partial charge on any atom is 0.265 e. The molecular formula is C13H15N3OS2. The van der Waals surface area contributed by atoms with Gasteiger partial charge in [0.15, 0.2) is 0 Å². The van der Waals surface area contributed by atoms with Crippen molar-refractivity contribution in [3.63, 3.8) is 0 Å². The Kier molecular flexibility index (Phi) is 3.38. The van der Waals surface area contributed by atoms with Gasteiger partial charge in [-0.3, -0.25) is 4.79 Å². The number of aromatic nitrogens is 1. The van der Waals surface area contributed by atoms with Crippen LogP contribution >= 0.6 is 22.7 Å². The number of likely N-dealkylation sites (tertiary alicyclic amines) is 1. The zero-order valence-electron chi connectivity index (χ0n) is 10.6. The van der Waals surface area contributed by atoms with Gasteiger partial charge in [-0.25, -0.2) is 4.98 Å². The minimum Gasteiger partial charge on any atom is -0.336 e. The summed E-state index contributed by atoms with van der Waals surface area (Å²) in [6.07, 6.45) is 0.890. The first-order valence-electron chi connectivity index (χ1n) is 6.21. The van der Waals surface area contributed by atoms with Crippen molar-refractivity contribution in [3.8, 4) is 9.88 Å². The van der Waals surface area contributed by atoms with Gasteiger partial charge in [0.1, 0.15) is 9.88 Å². The molecule has 19 heavy (non-hydrogen) atoms. The van der Waals surface area contributed by atoms with Crippen LogP contribution in [0.25, 0.3) is 9.88 Å². The molecule has 1 fully saturated rings. The van der Waals surface area contributed by atoms with Crippen molar-refractivity contribution < 1.29 is 4.79 Å². The third-order valence-electron chi connectivity index (χ3n) is 3.23. The van der Waals surface area contributed by atoms with Crippen molar-refractivity contribution in [3.05, 3.63) is 28.1 Å². The van der Waals surface area contributed by atoms with E-state index in [-0.39, 0.29) is 11.9 Å². The number of hydrogen-bond donors (Lipinski definition) is 1. The number of amides is 1. The number of carbonyl (C=O) groups excluding carboxylic acids is 1. The van der Waals surface area contributed by atoms with Crippen LogP contribution in [0.4, 0.5) is 0 Å². The van der Waals surface area contributed by atoms with E-state index in [2.05, 4.69) is 4.98 Å². The van der Waals surface area contributed by atoms with Gasteiger partial charge in [0.05, 0.1) is 10.6 Å². The second kappa shape index (κ2) is 5.03. The lowest BCUT2D eigenvalue weighted by molar-refractivity contribution is 0.0794. The molecule has 2 aromatic heterocycles. The fourth-order valence-electron chi connectivity index (χ4n) is 2.22. The van der Waals surface area contributed by atoms with Crippen LogP contribution < -0.4 is 5.73 Å². The number of hydrogen-bond acceptors (Lipinski definition) is 5. The largest absolute Gasteiger partial charge is 0.336 e. The van der Waals surface area contributed by atoms with Crippen molar-refractivity contribution in [2.45, 2.75) is 19.4 Å². The van der Waals surface area contributed by atoms with E-state index in [1.165, 1.54) is 11.3 Å². The third kappa shape index (κ3) is 2.43. The first kappa shape index (κ1) is 12.8. The second-order valence-electron chi connectivity index (χ2n) is 4.71. The molecule has 0 spiro atoms. The smallest absolute Gasteiger partial charge is 0.265 e. The highest BCUT2D eigenvalue weighted by Gasteiger charge is 2.27. The van der Waals surface area contributed by atoms with Crippen molar-refractivity contribution in [1.82, 2.24) is 9.88 Å². The van der Waals surface area contributed by atoms with Crippen LogP contribution in [0.1, 0.15) is 21.8 Å². The Bertz CT molecular complexity index is 591. The Labute approximate surface area is 119 Å². The molecule has 1 saturated heterocycles. The summed E-state index contributed by atoms with van der Waals surface area (Å²) in [4.78, 5) is 20.7. The van der Waals surface area contributed by atoms with Gasteiger partial charge in [-0.2, -0.15) is 0 Å². The summed E-state index contributed by atoms with van der Waals surface area (Å²) in [5.74, 6) is 0.0748. The fourth-order valence-corrected chi connectivity index (χ4v) is 4.05. The van der Waals surface area contributed by atoms with E-state index < -0.39 is 0 Å².